The van der Waals surface area contributed by atoms with E-state index in [0.29, 0.717) is 0 Å². The topological polar surface area (TPSA) is 53.1 Å². The summed E-state index contributed by atoms with van der Waals surface area (Å²) in [6, 6.07) is 9.38. The summed E-state index contributed by atoms with van der Waals surface area (Å²) in [5, 5.41) is 7.09. The second-order valence-electron chi connectivity index (χ2n) is 2.00. The highest BCUT2D eigenvalue weighted by Gasteiger charge is 2.02. The van der Waals surface area contributed by atoms with Crippen LogP contribution in [-0.4, -0.2) is 5.96 Å². The molecule has 0 aromatic heterocycles. The van der Waals surface area contributed by atoms with E-state index in [0.717, 1.165) is 5.69 Å². The zero-order valence-electron chi connectivity index (χ0n) is 5.79. The molecule has 0 fully saturated rings. The molecule has 4 heteroatoms. The third-order valence-corrected chi connectivity index (χ3v) is 1.99. The Morgan fingerprint density at radius 2 is 1.91 bits per heavy atom. The first-order chi connectivity index (χ1) is 5.22. The Labute approximate surface area is 73.7 Å². The molecule has 1 rings (SSSR count). The van der Waals surface area contributed by atoms with Crippen molar-refractivity contribution in [3.05, 3.63) is 30.3 Å². The second kappa shape index (κ2) is 3.39. The number of anilines is 1. The second-order valence-corrected chi connectivity index (χ2v) is 2.71. The average molecular weight is 214 g/mol. The van der Waals surface area contributed by atoms with E-state index in [4.69, 9.17) is 11.1 Å². The van der Waals surface area contributed by atoms with Gasteiger partial charge in [0.05, 0.1) is 21.8 Å². The summed E-state index contributed by atoms with van der Waals surface area (Å²) in [6.07, 6.45) is 0. The highest BCUT2D eigenvalue weighted by atomic mass is 79.9. The van der Waals surface area contributed by atoms with Crippen LogP contribution in [-0.2, 0) is 0 Å². The minimum absolute atomic E-state index is 0.0313. The van der Waals surface area contributed by atoms with Crippen molar-refractivity contribution in [1.29, 1.82) is 5.41 Å². The Kier molecular flexibility index (Phi) is 2.48. The molecule has 0 aliphatic heterocycles. The number of hydrogen-bond acceptors (Lipinski definition) is 1. The number of halogens is 1. The largest absolute Gasteiger partial charge is 0.369 e. The third kappa shape index (κ3) is 1.94. The van der Waals surface area contributed by atoms with Crippen molar-refractivity contribution in [2.45, 2.75) is 0 Å². The van der Waals surface area contributed by atoms with Gasteiger partial charge in [0.25, 0.3) is 0 Å². The lowest BCUT2D eigenvalue weighted by molar-refractivity contribution is 1.36. The number of nitrogens with one attached hydrogen (secondary N) is 1. The SMILES string of the molecule is N=C(N)N(Br)c1ccccc1. The van der Waals surface area contributed by atoms with Gasteiger partial charge in [-0.05, 0) is 12.1 Å². The number of hydrogen-bond donors (Lipinski definition) is 2. The normalized spacial score (nSPS) is 9.18. The fraction of sp³-hybridized carbons (Fsp3) is 0. The van der Waals surface area contributed by atoms with Crippen LogP contribution < -0.4 is 9.66 Å². The molecule has 0 bridgehead atoms. The molecule has 0 amide bonds. The molecule has 3 N–H and O–H groups in total. The number of para-hydroxylation sites is 1. The van der Waals surface area contributed by atoms with E-state index in [9.17, 15) is 0 Å². The van der Waals surface area contributed by atoms with Crippen LogP contribution in [0.1, 0.15) is 0 Å². The minimum Gasteiger partial charge on any atom is -0.369 e. The summed E-state index contributed by atoms with van der Waals surface area (Å²) in [5.41, 5.74) is 6.08. The maximum Gasteiger partial charge on any atom is 0.203 e. The molecule has 1 aromatic rings. The van der Waals surface area contributed by atoms with E-state index >= 15 is 0 Å². The van der Waals surface area contributed by atoms with Crippen LogP contribution in [0, 0.1) is 5.41 Å². The lowest BCUT2D eigenvalue weighted by Gasteiger charge is -2.12. The molecule has 0 spiro atoms. The summed E-state index contributed by atoms with van der Waals surface area (Å²) in [6.45, 7) is 0. The summed E-state index contributed by atoms with van der Waals surface area (Å²) < 4.78 is 1.42. The van der Waals surface area contributed by atoms with Crippen LogP contribution in [0.2, 0.25) is 0 Å². The summed E-state index contributed by atoms with van der Waals surface area (Å²) in [7, 11) is 0. The quantitative estimate of drug-likeness (QED) is 0.424. The molecule has 0 atom stereocenters. The zero-order valence-corrected chi connectivity index (χ0v) is 7.38. The Hall–Kier alpha value is -1.03. The Morgan fingerprint density at radius 3 is 2.36 bits per heavy atom. The van der Waals surface area contributed by atoms with Gasteiger partial charge in [-0.15, -0.1) is 0 Å². The predicted octanol–water partition coefficient (Wildman–Crippen LogP) is 1.70. The highest BCUT2D eigenvalue weighted by molar-refractivity contribution is 9.10. The van der Waals surface area contributed by atoms with Crippen LogP contribution >= 0.6 is 16.1 Å². The van der Waals surface area contributed by atoms with E-state index in [1.807, 2.05) is 30.3 Å². The van der Waals surface area contributed by atoms with Gasteiger partial charge in [0.2, 0.25) is 5.96 Å². The molecule has 0 radical (unpaired) electrons. The van der Waals surface area contributed by atoms with Crippen LogP contribution in [0.5, 0.6) is 0 Å². The maximum atomic E-state index is 7.09. The Morgan fingerprint density at radius 1 is 1.36 bits per heavy atom. The molecular weight excluding hydrogens is 206 g/mol. The van der Waals surface area contributed by atoms with Gasteiger partial charge in [-0.25, -0.2) is 3.93 Å². The Bertz CT molecular complexity index is 247. The fourth-order valence-electron chi connectivity index (χ4n) is 0.698. The van der Waals surface area contributed by atoms with Gasteiger partial charge in [-0.1, -0.05) is 18.2 Å². The molecule has 1 aromatic carbocycles. The van der Waals surface area contributed by atoms with Crippen molar-refractivity contribution in [2.75, 3.05) is 3.93 Å². The van der Waals surface area contributed by atoms with Gasteiger partial charge in [0.1, 0.15) is 0 Å². The van der Waals surface area contributed by atoms with Crippen molar-refractivity contribution in [3.63, 3.8) is 0 Å². The molecular formula is C7H8BrN3. The first-order valence-electron chi connectivity index (χ1n) is 3.07. The van der Waals surface area contributed by atoms with Crippen molar-refractivity contribution in [1.82, 2.24) is 0 Å². The van der Waals surface area contributed by atoms with Gasteiger partial charge < -0.3 is 5.73 Å². The van der Waals surface area contributed by atoms with E-state index in [-0.39, 0.29) is 5.96 Å². The standard InChI is InChI=1S/C7H8BrN3/c8-11(7(9)10)6-4-2-1-3-5-6/h1-5H,(H3,9,10). The number of nitrogens with two attached hydrogens (primary N) is 1. The van der Waals surface area contributed by atoms with Gasteiger partial charge >= 0.3 is 0 Å². The first kappa shape index (κ1) is 8.07. The minimum atomic E-state index is -0.0313. The molecule has 0 aliphatic rings. The molecule has 0 unspecified atom stereocenters. The summed E-state index contributed by atoms with van der Waals surface area (Å²) in [5.74, 6) is -0.0313. The molecule has 3 nitrogen and oxygen atoms in total. The smallest absolute Gasteiger partial charge is 0.203 e. The molecule has 0 aliphatic carbocycles. The van der Waals surface area contributed by atoms with E-state index < -0.39 is 0 Å². The highest BCUT2D eigenvalue weighted by Crippen LogP contribution is 2.15. The molecule has 11 heavy (non-hydrogen) atoms. The van der Waals surface area contributed by atoms with E-state index in [2.05, 4.69) is 16.1 Å². The van der Waals surface area contributed by atoms with Crippen LogP contribution in [0.15, 0.2) is 30.3 Å². The average Bonchev–Trinajstić information content (AvgIpc) is 2.05. The number of rotatable bonds is 1. The van der Waals surface area contributed by atoms with Gasteiger partial charge in [-0.2, -0.15) is 0 Å². The fourth-order valence-corrected chi connectivity index (χ4v) is 0.934. The van der Waals surface area contributed by atoms with Crippen molar-refractivity contribution >= 4 is 27.8 Å². The summed E-state index contributed by atoms with van der Waals surface area (Å²) in [4.78, 5) is 0. The number of benzene rings is 1. The monoisotopic (exact) mass is 213 g/mol. The number of guanidine groups is 1. The van der Waals surface area contributed by atoms with Gasteiger partial charge in [0.15, 0.2) is 0 Å². The van der Waals surface area contributed by atoms with Gasteiger partial charge in [0, 0.05) is 0 Å². The lowest BCUT2D eigenvalue weighted by Crippen LogP contribution is -2.27. The predicted molar refractivity (Wildman–Crippen MR) is 49.8 cm³/mol. The molecule has 0 heterocycles. The third-order valence-electron chi connectivity index (χ3n) is 1.19. The Balaban J connectivity index is 2.85. The first-order valence-corrected chi connectivity index (χ1v) is 3.77. The van der Waals surface area contributed by atoms with Crippen LogP contribution in [0.4, 0.5) is 5.69 Å². The van der Waals surface area contributed by atoms with Crippen molar-refractivity contribution in [2.24, 2.45) is 5.73 Å². The van der Waals surface area contributed by atoms with E-state index in [1.54, 1.807) is 0 Å². The van der Waals surface area contributed by atoms with Crippen LogP contribution in [0.25, 0.3) is 0 Å². The number of nitrogens with zero attached hydrogens (tertiary/aromatic N) is 1. The van der Waals surface area contributed by atoms with Gasteiger partial charge in [-0.3, -0.25) is 5.41 Å². The zero-order chi connectivity index (χ0) is 8.27. The van der Waals surface area contributed by atoms with E-state index in [1.165, 1.54) is 3.93 Å². The van der Waals surface area contributed by atoms with Crippen molar-refractivity contribution < 1.29 is 0 Å². The maximum absolute atomic E-state index is 7.09. The molecule has 58 valence electrons. The van der Waals surface area contributed by atoms with Crippen molar-refractivity contribution in [3.8, 4) is 0 Å². The molecule has 0 saturated heterocycles. The van der Waals surface area contributed by atoms with Crippen LogP contribution in [0.3, 0.4) is 0 Å². The summed E-state index contributed by atoms with van der Waals surface area (Å²) >= 11 is 3.13. The molecule has 0 saturated carbocycles. The lowest BCUT2D eigenvalue weighted by atomic mass is 10.3.